The van der Waals surface area contributed by atoms with Crippen LogP contribution in [-0.4, -0.2) is 33.0 Å². The predicted molar refractivity (Wildman–Crippen MR) is 104 cm³/mol. The molecule has 0 saturated heterocycles. The van der Waals surface area contributed by atoms with Crippen LogP contribution in [-0.2, 0) is 14.3 Å². The lowest BCUT2D eigenvalue weighted by molar-refractivity contribution is -0.123. The highest BCUT2D eigenvalue weighted by Crippen LogP contribution is 2.33. The van der Waals surface area contributed by atoms with E-state index in [1.165, 1.54) is 26.4 Å². The lowest BCUT2D eigenvalue weighted by Crippen LogP contribution is -2.28. The minimum Gasteiger partial charge on any atom is -0.488 e. The average molecular weight is 391 g/mol. The van der Waals surface area contributed by atoms with Crippen LogP contribution in [0.2, 0.25) is 0 Å². The third kappa shape index (κ3) is 5.94. The molecule has 0 radical (unpaired) electrons. The van der Waals surface area contributed by atoms with Crippen LogP contribution in [0.4, 0.5) is 10.1 Å². The Balaban J connectivity index is 2.11. The summed E-state index contributed by atoms with van der Waals surface area (Å²) in [5.74, 6) is 0.411. The van der Waals surface area contributed by atoms with Crippen molar-refractivity contribution in [2.24, 2.45) is 5.41 Å². The van der Waals surface area contributed by atoms with Crippen molar-refractivity contribution in [3.63, 3.8) is 0 Å². The Morgan fingerprint density at radius 1 is 1.04 bits per heavy atom. The lowest BCUT2D eigenvalue weighted by Gasteiger charge is -2.20. The molecule has 0 aliphatic carbocycles. The highest BCUT2D eigenvalue weighted by atomic mass is 19.1. The van der Waals surface area contributed by atoms with Gasteiger partial charge in [-0.05, 0) is 36.4 Å². The molecule has 2 aromatic rings. The molecule has 0 saturated carbocycles. The zero-order valence-electron chi connectivity index (χ0n) is 16.7. The van der Waals surface area contributed by atoms with Gasteiger partial charge in [-0.25, -0.2) is 4.39 Å². The van der Waals surface area contributed by atoms with Crippen molar-refractivity contribution >= 4 is 11.6 Å². The summed E-state index contributed by atoms with van der Waals surface area (Å²) in [5, 5.41) is 2.60. The van der Waals surface area contributed by atoms with Crippen LogP contribution in [0.3, 0.4) is 0 Å². The van der Waals surface area contributed by atoms with E-state index < -0.39 is 17.5 Å². The van der Waals surface area contributed by atoms with Crippen molar-refractivity contribution in [2.45, 2.75) is 27.1 Å². The number of benzene rings is 2. The smallest absolute Gasteiger partial charge is 0.229 e. The van der Waals surface area contributed by atoms with E-state index in [0.717, 1.165) is 0 Å². The fourth-order valence-corrected chi connectivity index (χ4v) is 2.14. The largest absolute Gasteiger partial charge is 0.488 e. The maximum absolute atomic E-state index is 14.3. The van der Waals surface area contributed by atoms with E-state index in [-0.39, 0.29) is 24.0 Å². The van der Waals surface area contributed by atoms with Crippen LogP contribution in [0.5, 0.6) is 17.2 Å². The Kier molecular flexibility index (Phi) is 7.37. The maximum Gasteiger partial charge on any atom is 0.229 e. The Hall–Kier alpha value is -2.64. The van der Waals surface area contributed by atoms with Gasteiger partial charge in [0, 0.05) is 19.6 Å². The van der Waals surface area contributed by atoms with Crippen LogP contribution in [0.15, 0.2) is 42.5 Å². The molecule has 7 heteroatoms. The van der Waals surface area contributed by atoms with E-state index in [1.807, 2.05) is 0 Å². The second kappa shape index (κ2) is 9.52. The van der Waals surface area contributed by atoms with E-state index >= 15 is 0 Å². The number of para-hydroxylation sites is 1. The zero-order chi connectivity index (χ0) is 20.7. The molecule has 0 bridgehead atoms. The van der Waals surface area contributed by atoms with E-state index in [0.29, 0.717) is 11.5 Å². The SMILES string of the molecule is COC(COc1ccc(Oc2cccc(F)c2NC(=O)C(C)(C)C)cc1)OC. The number of amides is 1. The average Bonchev–Trinajstić information content (AvgIpc) is 2.65. The molecule has 0 fully saturated rings. The van der Waals surface area contributed by atoms with E-state index in [2.05, 4.69) is 5.32 Å². The molecule has 6 nitrogen and oxygen atoms in total. The van der Waals surface area contributed by atoms with Crippen molar-refractivity contribution in [3.8, 4) is 17.2 Å². The summed E-state index contributed by atoms with van der Waals surface area (Å²) in [7, 11) is 3.06. The normalized spacial score (nSPS) is 11.4. The maximum atomic E-state index is 14.3. The summed E-state index contributed by atoms with van der Waals surface area (Å²) < 4.78 is 35.7. The topological polar surface area (TPSA) is 66.0 Å². The summed E-state index contributed by atoms with van der Waals surface area (Å²) in [4.78, 5) is 12.2. The van der Waals surface area contributed by atoms with Crippen LogP contribution in [0.1, 0.15) is 20.8 Å². The molecule has 0 spiro atoms. The van der Waals surface area contributed by atoms with Gasteiger partial charge in [-0.3, -0.25) is 4.79 Å². The van der Waals surface area contributed by atoms with Crippen LogP contribution in [0.25, 0.3) is 0 Å². The fourth-order valence-electron chi connectivity index (χ4n) is 2.14. The summed E-state index contributed by atoms with van der Waals surface area (Å²) in [6, 6.07) is 11.2. The summed E-state index contributed by atoms with van der Waals surface area (Å²) in [6.45, 7) is 5.49. The van der Waals surface area contributed by atoms with E-state index in [1.54, 1.807) is 51.1 Å². The van der Waals surface area contributed by atoms with Gasteiger partial charge in [0.1, 0.15) is 23.8 Å². The first kappa shape index (κ1) is 21.7. The second-order valence-electron chi connectivity index (χ2n) is 7.10. The number of halogens is 1. The Bertz CT molecular complexity index is 782. The number of rotatable bonds is 8. The van der Waals surface area contributed by atoms with Crippen molar-refractivity contribution in [1.82, 2.24) is 0 Å². The van der Waals surface area contributed by atoms with Gasteiger partial charge in [-0.1, -0.05) is 26.8 Å². The van der Waals surface area contributed by atoms with Gasteiger partial charge in [-0.15, -0.1) is 0 Å². The van der Waals surface area contributed by atoms with Gasteiger partial charge in [0.05, 0.1) is 0 Å². The molecule has 152 valence electrons. The van der Waals surface area contributed by atoms with Crippen LogP contribution in [0, 0.1) is 11.2 Å². The molecule has 1 N–H and O–H groups in total. The number of methoxy groups -OCH3 is 2. The number of hydrogen-bond donors (Lipinski definition) is 1. The molecule has 28 heavy (non-hydrogen) atoms. The first-order chi connectivity index (χ1) is 13.2. The minimum absolute atomic E-state index is 0.00535. The number of carbonyl (C=O) groups is 1. The van der Waals surface area contributed by atoms with E-state index in [9.17, 15) is 9.18 Å². The van der Waals surface area contributed by atoms with Gasteiger partial charge in [0.2, 0.25) is 5.91 Å². The third-order valence-electron chi connectivity index (χ3n) is 3.86. The lowest BCUT2D eigenvalue weighted by atomic mass is 9.95. The third-order valence-corrected chi connectivity index (χ3v) is 3.86. The van der Waals surface area contributed by atoms with Crippen molar-refractivity contribution in [2.75, 3.05) is 26.1 Å². The van der Waals surface area contributed by atoms with Crippen LogP contribution >= 0.6 is 0 Å². The standard InChI is InChI=1S/C21H26FNO5/c1-21(2,3)20(24)23-19-16(22)7-6-8-17(19)28-15-11-9-14(10-12-15)27-13-18(25-4)26-5/h6-12,18H,13H2,1-5H3,(H,23,24). The van der Waals surface area contributed by atoms with Crippen LogP contribution < -0.4 is 14.8 Å². The Morgan fingerprint density at radius 2 is 1.64 bits per heavy atom. The molecule has 2 rings (SSSR count). The van der Waals surface area contributed by atoms with Crippen molar-refractivity contribution in [3.05, 3.63) is 48.3 Å². The van der Waals surface area contributed by atoms with Gasteiger partial charge < -0.3 is 24.3 Å². The highest BCUT2D eigenvalue weighted by molar-refractivity contribution is 5.96. The van der Waals surface area contributed by atoms with Gasteiger partial charge in [-0.2, -0.15) is 0 Å². The van der Waals surface area contributed by atoms with E-state index in [4.69, 9.17) is 18.9 Å². The highest BCUT2D eigenvalue weighted by Gasteiger charge is 2.24. The number of carbonyl (C=O) groups excluding carboxylic acids is 1. The molecule has 0 aromatic heterocycles. The molecular weight excluding hydrogens is 365 g/mol. The summed E-state index contributed by atoms with van der Waals surface area (Å²) in [5.41, 5.74) is -0.661. The minimum atomic E-state index is -0.666. The summed E-state index contributed by atoms with van der Waals surface area (Å²) >= 11 is 0. The molecular formula is C21H26FNO5. The number of nitrogens with one attached hydrogen (secondary N) is 1. The number of ether oxygens (including phenoxy) is 4. The molecule has 0 aliphatic rings. The number of hydrogen-bond acceptors (Lipinski definition) is 5. The Morgan fingerprint density at radius 3 is 2.21 bits per heavy atom. The molecule has 0 heterocycles. The van der Waals surface area contributed by atoms with Crippen molar-refractivity contribution in [1.29, 1.82) is 0 Å². The van der Waals surface area contributed by atoms with Crippen molar-refractivity contribution < 1.29 is 28.1 Å². The van der Waals surface area contributed by atoms with Gasteiger partial charge >= 0.3 is 0 Å². The monoisotopic (exact) mass is 391 g/mol. The fraction of sp³-hybridized carbons (Fsp3) is 0.381. The molecule has 0 unspecified atom stereocenters. The summed E-state index contributed by atoms with van der Waals surface area (Å²) in [6.07, 6.45) is -0.461. The number of anilines is 1. The Labute approximate surface area is 164 Å². The molecule has 1 amide bonds. The quantitative estimate of drug-likeness (QED) is 0.666. The first-order valence-corrected chi connectivity index (χ1v) is 8.81. The molecule has 0 aliphatic heterocycles. The molecule has 2 aromatic carbocycles. The van der Waals surface area contributed by atoms with Gasteiger partial charge in [0.25, 0.3) is 0 Å². The zero-order valence-corrected chi connectivity index (χ0v) is 16.7. The second-order valence-corrected chi connectivity index (χ2v) is 7.10. The predicted octanol–water partition coefficient (Wildman–Crippen LogP) is 4.60. The first-order valence-electron chi connectivity index (χ1n) is 8.81. The van der Waals surface area contributed by atoms with Gasteiger partial charge in [0.15, 0.2) is 17.9 Å². The molecule has 0 atom stereocenters.